The molecule has 4 saturated heterocycles. The number of hydrogen-bond donors (Lipinski definition) is 13. The standard InChI is InChI=1S/C28H46N2O21/c1-6-13(34)22(50-27-19(40)17(38)18(39)23(51-27)24(42)43)20(41)28(46-6)49-21-9(4-31)48-26(12(16(21)37)30-8(3)33)45-5-10-14(35)15(36)11(25(44)47-10)29-7(2)32/h6,9-23,25-28,31,34-41,44H,4-5H2,1-3H3,(H,29,32)(H,30,33)(H,42,43)/t6-,9+,10+,11+,12+,13-,14-,15+,16+,17-,18-,19+,20+,21+,22+,23-,25+,26-,27+,28-/m0/s1. The van der Waals surface area contributed by atoms with Crippen molar-refractivity contribution in [1.82, 2.24) is 10.6 Å². The van der Waals surface area contributed by atoms with Gasteiger partial charge in [-0.15, -0.1) is 0 Å². The number of amides is 2. The Morgan fingerprint density at radius 2 is 1.20 bits per heavy atom. The molecule has 0 spiro atoms. The van der Waals surface area contributed by atoms with Gasteiger partial charge in [-0.25, -0.2) is 4.79 Å². The second kappa shape index (κ2) is 17.3. The summed E-state index contributed by atoms with van der Waals surface area (Å²) in [6, 6.07) is -2.86. The van der Waals surface area contributed by atoms with Gasteiger partial charge in [0.05, 0.1) is 19.3 Å². The highest BCUT2D eigenvalue weighted by Crippen LogP contribution is 2.33. The molecule has 4 fully saturated rings. The van der Waals surface area contributed by atoms with Crippen LogP contribution < -0.4 is 10.6 Å². The number of carbonyl (C=O) groups is 3. The van der Waals surface area contributed by atoms with Crippen LogP contribution in [-0.4, -0.2) is 210 Å². The van der Waals surface area contributed by atoms with Crippen LogP contribution >= 0.6 is 0 Å². The molecule has 4 rings (SSSR count). The minimum absolute atomic E-state index is 0.621. The molecule has 0 radical (unpaired) electrons. The van der Waals surface area contributed by atoms with Crippen LogP contribution in [0.1, 0.15) is 20.8 Å². The molecule has 4 aliphatic heterocycles. The van der Waals surface area contributed by atoms with Crippen molar-refractivity contribution in [2.45, 2.75) is 143 Å². The maximum absolute atomic E-state index is 12.1. The van der Waals surface area contributed by atoms with Crippen LogP contribution in [0, 0.1) is 0 Å². The van der Waals surface area contributed by atoms with Crippen molar-refractivity contribution in [2.75, 3.05) is 13.2 Å². The fourth-order valence-corrected chi connectivity index (χ4v) is 6.17. The number of carbonyl (C=O) groups excluding carboxylic acids is 2. The highest BCUT2D eigenvalue weighted by atomic mass is 16.8. The lowest BCUT2D eigenvalue weighted by Gasteiger charge is -2.48. The first-order valence-corrected chi connectivity index (χ1v) is 15.9. The van der Waals surface area contributed by atoms with Crippen LogP contribution in [0.3, 0.4) is 0 Å². The predicted molar refractivity (Wildman–Crippen MR) is 156 cm³/mol. The summed E-state index contributed by atoms with van der Waals surface area (Å²) >= 11 is 0. The van der Waals surface area contributed by atoms with Crippen molar-refractivity contribution in [1.29, 1.82) is 0 Å². The average Bonchev–Trinajstić information content (AvgIpc) is 3.06. The quantitative estimate of drug-likeness (QED) is 0.0933. The Balaban J connectivity index is 1.48. The minimum atomic E-state index is -2.06. The molecule has 0 aromatic heterocycles. The zero-order valence-corrected chi connectivity index (χ0v) is 27.5. The van der Waals surface area contributed by atoms with Gasteiger partial charge >= 0.3 is 5.97 Å². The van der Waals surface area contributed by atoms with Crippen molar-refractivity contribution >= 4 is 17.8 Å². The summed E-state index contributed by atoms with van der Waals surface area (Å²) in [5.41, 5.74) is 0. The monoisotopic (exact) mass is 746 g/mol. The van der Waals surface area contributed by atoms with Gasteiger partial charge in [-0.2, -0.15) is 0 Å². The third-order valence-corrected chi connectivity index (χ3v) is 8.92. The molecule has 23 nitrogen and oxygen atoms in total. The van der Waals surface area contributed by atoms with Crippen LogP contribution in [0.25, 0.3) is 0 Å². The van der Waals surface area contributed by atoms with E-state index in [0.29, 0.717) is 0 Å². The first kappa shape index (κ1) is 41.5. The summed E-state index contributed by atoms with van der Waals surface area (Å²) in [6.07, 6.45) is -31.8. The van der Waals surface area contributed by atoms with Crippen LogP contribution in [0.2, 0.25) is 0 Å². The van der Waals surface area contributed by atoms with Crippen molar-refractivity contribution in [2.24, 2.45) is 0 Å². The van der Waals surface area contributed by atoms with E-state index in [2.05, 4.69) is 10.6 Å². The summed E-state index contributed by atoms with van der Waals surface area (Å²) in [6.45, 7) is 2.03. The van der Waals surface area contributed by atoms with Crippen molar-refractivity contribution in [3.05, 3.63) is 0 Å². The van der Waals surface area contributed by atoms with Gasteiger partial charge in [0.1, 0.15) is 85.3 Å². The number of rotatable bonds is 11. The largest absolute Gasteiger partial charge is 0.479 e. The number of carboxylic acids is 1. The van der Waals surface area contributed by atoms with E-state index in [1.54, 1.807) is 0 Å². The molecule has 20 atom stereocenters. The third-order valence-electron chi connectivity index (χ3n) is 8.92. The zero-order chi connectivity index (χ0) is 38.1. The summed E-state index contributed by atoms with van der Waals surface area (Å²) < 4.78 is 38.6. The highest BCUT2D eigenvalue weighted by molar-refractivity contribution is 5.74. The Morgan fingerprint density at radius 1 is 0.608 bits per heavy atom. The molecule has 294 valence electrons. The van der Waals surface area contributed by atoms with E-state index < -0.39 is 154 Å². The average molecular weight is 747 g/mol. The Labute approximate surface area is 289 Å². The molecule has 4 aliphatic rings. The second-order valence-electron chi connectivity index (χ2n) is 12.7. The SMILES string of the molecule is CC(=O)N[C@@H]1[C@@H](O)[C@@H](O)[C@@H](CO[C@H]2O[C@H](CO)[C@@H](O[C@@H]3O[C@@H](C)[C@H](O)[C@@H](O[C@@H]4O[C@H](C(=O)O)[C@@H](O)[C@H](O)[C@H]4O)[C@H]3O)[C@H](O)[C@H]2NC(C)=O)O[C@H]1O. The van der Waals surface area contributed by atoms with E-state index >= 15 is 0 Å². The van der Waals surface area contributed by atoms with Gasteiger partial charge < -0.3 is 100.0 Å². The number of carboxylic acid groups (broad SMARTS) is 1. The van der Waals surface area contributed by atoms with E-state index in [0.717, 1.165) is 13.8 Å². The Hall–Kier alpha value is -2.27. The predicted octanol–water partition coefficient (Wildman–Crippen LogP) is -8.34. The van der Waals surface area contributed by atoms with Gasteiger partial charge in [0.25, 0.3) is 0 Å². The van der Waals surface area contributed by atoms with Crippen LogP contribution in [0.5, 0.6) is 0 Å². The van der Waals surface area contributed by atoms with Crippen LogP contribution in [0.15, 0.2) is 0 Å². The van der Waals surface area contributed by atoms with Gasteiger partial charge in [0.15, 0.2) is 31.3 Å². The van der Waals surface area contributed by atoms with Gasteiger partial charge in [-0.3, -0.25) is 9.59 Å². The normalized spacial score (nSPS) is 47.7. The molecular formula is C28H46N2O21. The topological polar surface area (TPSA) is 362 Å². The number of aliphatic hydroxyl groups is 10. The summed E-state index contributed by atoms with van der Waals surface area (Å²) in [5, 5.41) is 119. The third kappa shape index (κ3) is 9.10. The maximum atomic E-state index is 12.1. The minimum Gasteiger partial charge on any atom is -0.479 e. The lowest BCUT2D eigenvalue weighted by Crippen LogP contribution is -2.68. The van der Waals surface area contributed by atoms with Crippen LogP contribution in [-0.2, 0) is 47.5 Å². The van der Waals surface area contributed by atoms with E-state index in [1.807, 2.05) is 0 Å². The zero-order valence-electron chi connectivity index (χ0n) is 27.5. The smallest absolute Gasteiger partial charge is 0.335 e. The Bertz CT molecular complexity index is 1200. The molecule has 4 heterocycles. The Morgan fingerprint density at radius 3 is 1.78 bits per heavy atom. The van der Waals surface area contributed by atoms with Gasteiger partial charge in [0, 0.05) is 13.8 Å². The molecule has 0 aliphatic carbocycles. The lowest BCUT2D eigenvalue weighted by molar-refractivity contribution is -0.371. The van der Waals surface area contributed by atoms with E-state index in [-0.39, 0.29) is 0 Å². The van der Waals surface area contributed by atoms with E-state index in [4.69, 9.17) is 33.2 Å². The van der Waals surface area contributed by atoms with Crippen molar-refractivity contribution in [3.8, 4) is 0 Å². The van der Waals surface area contributed by atoms with Gasteiger partial charge in [-0.1, -0.05) is 0 Å². The summed E-state index contributed by atoms with van der Waals surface area (Å²) in [5.74, 6) is -3.03. The van der Waals surface area contributed by atoms with E-state index in [9.17, 15) is 70.6 Å². The summed E-state index contributed by atoms with van der Waals surface area (Å²) in [7, 11) is 0. The maximum Gasteiger partial charge on any atom is 0.335 e. The molecule has 0 bridgehead atoms. The number of hydrogen-bond acceptors (Lipinski definition) is 20. The van der Waals surface area contributed by atoms with E-state index in [1.165, 1.54) is 6.92 Å². The lowest BCUT2D eigenvalue weighted by atomic mass is 9.95. The molecule has 2 amide bonds. The van der Waals surface area contributed by atoms with Crippen LogP contribution in [0.4, 0.5) is 0 Å². The molecule has 23 heteroatoms. The first-order valence-electron chi connectivity index (χ1n) is 15.9. The molecule has 13 N–H and O–H groups in total. The second-order valence-corrected chi connectivity index (χ2v) is 12.7. The molecule has 51 heavy (non-hydrogen) atoms. The Kier molecular flexibility index (Phi) is 14.0. The summed E-state index contributed by atoms with van der Waals surface area (Å²) in [4.78, 5) is 35.0. The molecule has 0 aromatic rings. The van der Waals surface area contributed by atoms with Gasteiger partial charge in [0.2, 0.25) is 11.8 Å². The first-order chi connectivity index (χ1) is 23.9. The molecule has 0 aromatic carbocycles. The fraction of sp³-hybridized carbons (Fsp3) is 0.893. The molecular weight excluding hydrogens is 700 g/mol. The fourth-order valence-electron chi connectivity index (χ4n) is 6.17. The van der Waals surface area contributed by atoms with Crippen molar-refractivity contribution < 1.29 is 104 Å². The highest BCUT2D eigenvalue weighted by Gasteiger charge is 2.54. The van der Waals surface area contributed by atoms with Crippen molar-refractivity contribution in [3.63, 3.8) is 0 Å². The number of nitrogens with one attached hydrogen (secondary N) is 2. The molecule has 0 unspecified atom stereocenters. The van der Waals surface area contributed by atoms with Gasteiger partial charge in [-0.05, 0) is 6.92 Å². The number of aliphatic carboxylic acids is 1. The number of aliphatic hydroxyl groups excluding tert-OH is 10. The molecule has 0 saturated carbocycles. The number of ether oxygens (including phenoxy) is 7.